The third-order valence-electron chi connectivity index (χ3n) is 1.96. The van der Waals surface area contributed by atoms with Gasteiger partial charge in [-0.05, 0) is 6.42 Å². The number of nitrogens with zero attached hydrogens (tertiary/aromatic N) is 2. The summed E-state index contributed by atoms with van der Waals surface area (Å²) in [6.45, 7) is 1.10. The summed E-state index contributed by atoms with van der Waals surface area (Å²) in [4.78, 5) is 4.07. The van der Waals surface area contributed by atoms with Crippen LogP contribution in [0.3, 0.4) is 0 Å². The highest BCUT2D eigenvalue weighted by Gasteiger charge is 2.20. The lowest BCUT2D eigenvalue weighted by atomic mass is 10.2. The Balaban J connectivity index is 2.12. The fourth-order valence-electron chi connectivity index (χ4n) is 1.39. The molecule has 2 aliphatic heterocycles. The molecule has 3 heteroatoms. The number of hydrogen-bond acceptors (Lipinski definition) is 3. The van der Waals surface area contributed by atoms with Crippen LogP contribution in [0, 0.1) is 0 Å². The van der Waals surface area contributed by atoms with Gasteiger partial charge in [-0.1, -0.05) is 0 Å². The van der Waals surface area contributed by atoms with Crippen molar-refractivity contribution < 1.29 is 0 Å². The maximum Gasteiger partial charge on any atom is 0.0511 e. The molecule has 2 aliphatic rings. The first-order chi connectivity index (χ1) is 4.97. The van der Waals surface area contributed by atoms with E-state index >= 15 is 0 Å². The number of fused-ring (bicyclic) bond motifs is 1. The second-order valence-corrected chi connectivity index (χ2v) is 2.62. The molecule has 0 amide bonds. The van der Waals surface area contributed by atoms with Crippen molar-refractivity contribution in [1.82, 2.24) is 10.4 Å². The van der Waals surface area contributed by atoms with Gasteiger partial charge in [0, 0.05) is 31.6 Å². The maximum atomic E-state index is 4.07. The Hall–Kier alpha value is -0.830. The molecule has 0 spiro atoms. The Bertz CT molecular complexity index is 174. The molecular weight excluding hydrogens is 126 g/mol. The molecule has 0 aromatic rings. The molecule has 0 saturated carbocycles. The van der Waals surface area contributed by atoms with Crippen LogP contribution >= 0.6 is 0 Å². The number of hydrogen-bond donors (Lipinski definition) is 1. The molecule has 2 rings (SSSR count). The molecule has 1 N–H and O–H groups in total. The van der Waals surface area contributed by atoms with E-state index in [1.54, 1.807) is 0 Å². The molecule has 0 aromatic heterocycles. The van der Waals surface area contributed by atoms with E-state index in [0.717, 1.165) is 13.0 Å². The maximum absolute atomic E-state index is 4.07. The lowest BCUT2D eigenvalue weighted by Crippen LogP contribution is -2.31. The van der Waals surface area contributed by atoms with Crippen LogP contribution in [-0.4, -0.2) is 23.8 Å². The minimum atomic E-state index is 0.641. The highest BCUT2D eigenvalue weighted by Crippen LogP contribution is 2.13. The van der Waals surface area contributed by atoms with Crippen molar-refractivity contribution in [3.63, 3.8) is 0 Å². The van der Waals surface area contributed by atoms with Crippen molar-refractivity contribution >= 4 is 6.21 Å². The van der Waals surface area contributed by atoms with Crippen LogP contribution in [0.25, 0.3) is 0 Å². The Kier molecular flexibility index (Phi) is 1.43. The van der Waals surface area contributed by atoms with Gasteiger partial charge in [-0.15, -0.1) is 0 Å². The van der Waals surface area contributed by atoms with Gasteiger partial charge in [-0.25, -0.2) is 5.43 Å². The first-order valence-corrected chi connectivity index (χ1v) is 3.67. The number of rotatable bonds is 0. The predicted molar refractivity (Wildman–Crippen MR) is 40.5 cm³/mol. The molecule has 1 fully saturated rings. The van der Waals surface area contributed by atoms with Gasteiger partial charge in [0.05, 0.1) is 6.04 Å². The average Bonchev–Trinajstić information content (AvgIpc) is 2.28. The molecule has 10 heavy (non-hydrogen) atoms. The van der Waals surface area contributed by atoms with Crippen molar-refractivity contribution in [2.75, 3.05) is 6.54 Å². The van der Waals surface area contributed by atoms with Crippen LogP contribution in [0.4, 0.5) is 0 Å². The predicted octanol–water partition coefficient (Wildman–Crippen LogP) is 0.511. The van der Waals surface area contributed by atoms with Gasteiger partial charge < -0.3 is 5.01 Å². The Morgan fingerprint density at radius 1 is 1.60 bits per heavy atom. The molecule has 0 bridgehead atoms. The van der Waals surface area contributed by atoms with Gasteiger partial charge in [0.1, 0.15) is 0 Å². The molecular formula is C7H11N3. The van der Waals surface area contributed by atoms with E-state index in [0.29, 0.717) is 6.04 Å². The lowest BCUT2D eigenvalue weighted by molar-refractivity contribution is 0.282. The molecule has 3 nitrogen and oxygen atoms in total. The van der Waals surface area contributed by atoms with Crippen LogP contribution in [0.5, 0.6) is 0 Å². The largest absolute Gasteiger partial charge is 0.311 e. The highest BCUT2D eigenvalue weighted by molar-refractivity contribution is 5.59. The normalized spacial score (nSPS) is 30.4. The highest BCUT2D eigenvalue weighted by atomic mass is 15.5. The molecule has 54 valence electrons. The van der Waals surface area contributed by atoms with Crippen molar-refractivity contribution in [1.29, 1.82) is 0 Å². The molecule has 0 aromatic carbocycles. The van der Waals surface area contributed by atoms with Gasteiger partial charge >= 0.3 is 0 Å². The smallest absolute Gasteiger partial charge is 0.0511 e. The standard InChI is InChI=1S/C7H11N3/c1-3-8-5-6-10-7(1)2-4-9-10/h3,5-7,9H,1-2,4H2. The fraction of sp³-hybridized carbons (Fsp3) is 0.571. The topological polar surface area (TPSA) is 27.6 Å². The van der Waals surface area contributed by atoms with Crippen LogP contribution in [0.15, 0.2) is 17.4 Å². The zero-order chi connectivity index (χ0) is 6.81. The minimum Gasteiger partial charge on any atom is -0.311 e. The third kappa shape index (κ3) is 0.926. The summed E-state index contributed by atoms with van der Waals surface area (Å²) >= 11 is 0. The van der Waals surface area contributed by atoms with E-state index in [2.05, 4.69) is 15.4 Å². The summed E-state index contributed by atoms with van der Waals surface area (Å²) < 4.78 is 0. The Labute approximate surface area is 60.4 Å². The molecule has 1 unspecified atom stereocenters. The molecule has 0 radical (unpaired) electrons. The second-order valence-electron chi connectivity index (χ2n) is 2.62. The van der Waals surface area contributed by atoms with Crippen LogP contribution in [-0.2, 0) is 0 Å². The fourth-order valence-corrected chi connectivity index (χ4v) is 1.39. The zero-order valence-electron chi connectivity index (χ0n) is 5.83. The third-order valence-corrected chi connectivity index (χ3v) is 1.96. The average molecular weight is 137 g/mol. The van der Waals surface area contributed by atoms with Crippen molar-refractivity contribution in [2.24, 2.45) is 4.99 Å². The zero-order valence-corrected chi connectivity index (χ0v) is 5.83. The SMILES string of the molecule is C1=CN2NCCC2CC=N1. The quantitative estimate of drug-likeness (QED) is 0.527. The van der Waals surface area contributed by atoms with Gasteiger partial charge in [0.25, 0.3) is 0 Å². The van der Waals surface area contributed by atoms with Gasteiger partial charge in [0.2, 0.25) is 0 Å². The summed E-state index contributed by atoms with van der Waals surface area (Å²) in [5.41, 5.74) is 3.27. The second kappa shape index (κ2) is 2.42. The summed E-state index contributed by atoms with van der Waals surface area (Å²) in [6, 6.07) is 0.641. The van der Waals surface area contributed by atoms with Crippen molar-refractivity contribution in [2.45, 2.75) is 18.9 Å². The minimum absolute atomic E-state index is 0.641. The van der Waals surface area contributed by atoms with Gasteiger partial charge in [0.15, 0.2) is 0 Å². The summed E-state index contributed by atoms with van der Waals surface area (Å²) in [5, 5.41) is 2.15. The van der Waals surface area contributed by atoms with E-state index < -0.39 is 0 Å². The monoisotopic (exact) mass is 137 g/mol. The summed E-state index contributed by atoms with van der Waals surface area (Å²) in [6.07, 6.45) is 8.12. The van der Waals surface area contributed by atoms with Gasteiger partial charge in [-0.2, -0.15) is 0 Å². The first kappa shape index (κ1) is 5.92. The van der Waals surface area contributed by atoms with E-state index in [4.69, 9.17) is 0 Å². The molecule has 1 atom stereocenters. The number of nitrogens with one attached hydrogen (secondary N) is 1. The lowest BCUT2D eigenvalue weighted by Gasteiger charge is -2.18. The van der Waals surface area contributed by atoms with Crippen molar-refractivity contribution in [3.8, 4) is 0 Å². The Morgan fingerprint density at radius 2 is 2.60 bits per heavy atom. The molecule has 1 saturated heterocycles. The van der Waals surface area contributed by atoms with E-state index in [9.17, 15) is 0 Å². The first-order valence-electron chi connectivity index (χ1n) is 3.67. The van der Waals surface area contributed by atoms with Crippen molar-refractivity contribution in [3.05, 3.63) is 12.4 Å². The summed E-state index contributed by atoms with van der Waals surface area (Å²) in [5.74, 6) is 0. The summed E-state index contributed by atoms with van der Waals surface area (Å²) in [7, 11) is 0. The van der Waals surface area contributed by atoms with E-state index in [-0.39, 0.29) is 0 Å². The molecule has 2 heterocycles. The Morgan fingerprint density at radius 3 is 3.60 bits per heavy atom. The molecule has 0 aliphatic carbocycles. The number of hydrazine groups is 1. The van der Waals surface area contributed by atoms with Crippen LogP contribution < -0.4 is 5.43 Å². The van der Waals surface area contributed by atoms with E-state index in [1.165, 1.54) is 6.42 Å². The van der Waals surface area contributed by atoms with E-state index in [1.807, 2.05) is 18.6 Å². The number of aliphatic imine (C=N–C) groups is 1. The van der Waals surface area contributed by atoms with Crippen LogP contribution in [0.2, 0.25) is 0 Å². The van der Waals surface area contributed by atoms with Crippen LogP contribution in [0.1, 0.15) is 12.8 Å². The van der Waals surface area contributed by atoms with Gasteiger partial charge in [-0.3, -0.25) is 4.99 Å².